The first kappa shape index (κ1) is 96.4. The van der Waals surface area contributed by atoms with Gasteiger partial charge in [0.15, 0.2) is 34.9 Å². The molecule has 0 N–H and O–H groups in total. The Balaban J connectivity index is 0.000000138. The first-order chi connectivity index (χ1) is 72.7. The Morgan fingerprint density at radius 1 is 0.193 bits per heavy atom. The quantitative estimate of drug-likeness (QED) is 0.0736. The highest BCUT2D eigenvalue weighted by molar-refractivity contribution is 5.97. The van der Waals surface area contributed by atoms with Gasteiger partial charge in [-0.15, -0.1) is 30.6 Å². The zero-order chi connectivity index (χ0) is 103. The van der Waals surface area contributed by atoms with Crippen LogP contribution < -0.4 is 9.47 Å². The molecule has 0 amide bonds. The minimum atomic E-state index is -4.63. The first-order valence-electron chi connectivity index (χ1n) is 49.7. The van der Waals surface area contributed by atoms with E-state index in [2.05, 4.69) is 263 Å². The van der Waals surface area contributed by atoms with Crippen LogP contribution >= 0.6 is 0 Å². The number of nitrogens with zero attached hydrogens (tertiary/aromatic N) is 12. The summed E-state index contributed by atoms with van der Waals surface area (Å²) in [6.45, 7) is 21.0. The third-order valence-corrected chi connectivity index (χ3v) is 27.6. The summed E-state index contributed by atoms with van der Waals surface area (Å²) in [5.41, 5.74) is 23.5. The molecule has 0 unspecified atom stereocenters. The fraction of sp³-hybridized carbons (Fsp3) is 0.123. The van der Waals surface area contributed by atoms with Crippen molar-refractivity contribution in [2.75, 3.05) is 0 Å². The standard InChI is InChI=1S/C57H39F3N6O2.C49H40N4O2.C24H22N2O/c1-56(57(58,59)60,44-26-34-48(35-27-44)67-46-30-22-42(23-31-46)54-63-50(38-14-6-2-7-15-38)61-51(64-54)39-16-8-3-9-17-39)45-28-36-49(37-29-45)68-47-32-24-43(25-33-47)55-65-52(40-18-10-4-11-19-40)62-53(66-55)41-20-12-5-13-21-41;1-47(2,3)33-21-15-29(16-22-33)43-50-52-45(54-43)31-19-25-37-35-11-7-9-13-39(35)49(41(37)27-31)40-14-10-8-12-36(40)38-26-20-32(28-42(38)49)46-53-51-44(55-46)30-17-23-34(24-18-30)48(4,5)6;1-24(2,3)21-15-13-20(14-16-21)23-26-25-22(27-23)19-11-9-18(10-12-19)17-7-5-4-6-8-17/h2-37H,1H3;7-28H,1-6H3;4-16H,1-3H3. The van der Waals surface area contributed by atoms with E-state index in [1.807, 2.05) is 188 Å². The van der Waals surface area contributed by atoms with Crippen molar-refractivity contribution in [2.45, 2.75) is 102 Å². The second-order valence-electron chi connectivity index (χ2n) is 40.5. The molecule has 22 aromatic rings. The van der Waals surface area contributed by atoms with Crippen LogP contribution in [-0.4, -0.2) is 66.7 Å². The minimum Gasteiger partial charge on any atom is -0.457 e. The summed E-state index contributed by atoms with van der Waals surface area (Å²) < 4.78 is 76.3. The van der Waals surface area contributed by atoms with Crippen molar-refractivity contribution in [3.63, 3.8) is 0 Å². The molecule has 0 saturated heterocycles. The fourth-order valence-corrected chi connectivity index (χ4v) is 19.2. The monoisotopic (exact) mass is 1970 g/mol. The summed E-state index contributed by atoms with van der Waals surface area (Å²) in [6, 6.07) is 139. The van der Waals surface area contributed by atoms with E-state index < -0.39 is 17.0 Å². The van der Waals surface area contributed by atoms with Crippen LogP contribution in [0.5, 0.6) is 23.0 Å². The summed E-state index contributed by atoms with van der Waals surface area (Å²) in [7, 11) is 0. The van der Waals surface area contributed by atoms with E-state index in [9.17, 15) is 0 Å². The molecule has 732 valence electrons. The lowest BCUT2D eigenvalue weighted by molar-refractivity contribution is -0.173. The zero-order valence-electron chi connectivity index (χ0n) is 84.0. The van der Waals surface area contributed by atoms with Crippen LogP contribution in [0.15, 0.2) is 444 Å². The molecule has 0 radical (unpaired) electrons. The van der Waals surface area contributed by atoms with Crippen LogP contribution in [0.3, 0.4) is 0 Å². The second-order valence-corrected chi connectivity index (χ2v) is 40.5. The number of aromatic nitrogens is 12. The average Bonchev–Trinajstić information content (AvgIpc) is 1.50. The van der Waals surface area contributed by atoms with Crippen LogP contribution in [0, 0.1) is 0 Å². The molecule has 17 aromatic carbocycles. The van der Waals surface area contributed by atoms with E-state index >= 15 is 13.2 Å². The van der Waals surface area contributed by atoms with E-state index in [-0.39, 0.29) is 27.4 Å². The molecule has 20 heteroatoms. The predicted octanol–water partition coefficient (Wildman–Crippen LogP) is 32.9. The highest BCUT2D eigenvalue weighted by atomic mass is 19.4. The van der Waals surface area contributed by atoms with Gasteiger partial charge in [0.05, 0.1) is 5.41 Å². The number of rotatable bonds is 19. The Bertz CT molecular complexity index is 8070. The Kier molecular flexibility index (Phi) is 25.6. The van der Waals surface area contributed by atoms with Gasteiger partial charge in [-0.25, -0.2) is 29.9 Å². The number of benzene rings is 17. The Morgan fingerprint density at radius 2 is 0.393 bits per heavy atom. The van der Waals surface area contributed by atoms with Gasteiger partial charge in [0.25, 0.3) is 0 Å². The summed E-state index contributed by atoms with van der Waals surface area (Å²) >= 11 is 0. The van der Waals surface area contributed by atoms with Crippen molar-refractivity contribution in [3.8, 4) is 193 Å². The first-order valence-corrected chi connectivity index (χ1v) is 49.7. The summed E-state index contributed by atoms with van der Waals surface area (Å²) in [4.78, 5) is 28.6. The largest absolute Gasteiger partial charge is 0.457 e. The highest BCUT2D eigenvalue weighted by Gasteiger charge is 2.55. The van der Waals surface area contributed by atoms with Gasteiger partial charge in [-0.3, -0.25) is 0 Å². The summed E-state index contributed by atoms with van der Waals surface area (Å²) in [6.07, 6.45) is -4.63. The predicted molar refractivity (Wildman–Crippen MR) is 585 cm³/mol. The van der Waals surface area contributed by atoms with Crippen LogP contribution in [-0.2, 0) is 27.1 Å². The number of hydrogen-bond donors (Lipinski definition) is 0. The van der Waals surface area contributed by atoms with Gasteiger partial charge >= 0.3 is 6.18 Å². The maximum absolute atomic E-state index is 15.1. The zero-order valence-corrected chi connectivity index (χ0v) is 84.0. The van der Waals surface area contributed by atoms with Gasteiger partial charge in [0.1, 0.15) is 28.4 Å². The summed E-state index contributed by atoms with van der Waals surface area (Å²) in [5, 5.41) is 26.6. The van der Waals surface area contributed by atoms with E-state index in [1.54, 1.807) is 48.5 Å². The lowest BCUT2D eigenvalue weighted by Crippen LogP contribution is -2.40. The molecule has 2 aliphatic carbocycles. The molecule has 17 nitrogen and oxygen atoms in total. The molecule has 150 heavy (non-hydrogen) atoms. The van der Waals surface area contributed by atoms with Crippen LogP contribution in [0.2, 0.25) is 0 Å². The van der Waals surface area contributed by atoms with Crippen molar-refractivity contribution >= 4 is 0 Å². The molecular formula is C130H101F3N12O5. The van der Waals surface area contributed by atoms with Crippen molar-refractivity contribution in [1.82, 2.24) is 60.5 Å². The van der Waals surface area contributed by atoms with Gasteiger partial charge in [-0.05, 0) is 252 Å². The third-order valence-electron chi connectivity index (χ3n) is 27.6. The van der Waals surface area contributed by atoms with Crippen molar-refractivity contribution in [2.24, 2.45) is 0 Å². The number of fused-ring (bicyclic) bond motifs is 10. The van der Waals surface area contributed by atoms with Gasteiger partial charge < -0.3 is 22.7 Å². The van der Waals surface area contributed by atoms with E-state index in [0.29, 0.717) is 93.3 Å². The number of hydrogen-bond acceptors (Lipinski definition) is 17. The van der Waals surface area contributed by atoms with E-state index in [4.69, 9.17) is 52.6 Å². The van der Waals surface area contributed by atoms with Crippen LogP contribution in [0.4, 0.5) is 13.2 Å². The molecule has 0 bridgehead atoms. The molecule has 2 aliphatic rings. The van der Waals surface area contributed by atoms with Crippen LogP contribution in [0.1, 0.15) is 119 Å². The Hall–Kier alpha value is -18.4. The minimum absolute atomic E-state index is 0.0550. The number of halogens is 3. The topological polar surface area (TPSA) is 213 Å². The van der Waals surface area contributed by atoms with Crippen molar-refractivity contribution in [1.29, 1.82) is 0 Å². The van der Waals surface area contributed by atoms with Crippen molar-refractivity contribution < 1.29 is 35.9 Å². The van der Waals surface area contributed by atoms with Crippen molar-refractivity contribution in [3.05, 3.63) is 481 Å². The van der Waals surface area contributed by atoms with E-state index in [1.165, 1.54) is 98.0 Å². The maximum atomic E-state index is 15.1. The average molecular weight is 1970 g/mol. The molecule has 0 fully saturated rings. The van der Waals surface area contributed by atoms with Gasteiger partial charge in [0, 0.05) is 66.8 Å². The molecule has 0 atom stereocenters. The van der Waals surface area contributed by atoms with Gasteiger partial charge in [-0.1, -0.05) is 347 Å². The van der Waals surface area contributed by atoms with Gasteiger partial charge in [0.2, 0.25) is 35.3 Å². The Labute approximate surface area is 867 Å². The summed E-state index contributed by atoms with van der Waals surface area (Å²) in [5.74, 6) is 7.92. The third kappa shape index (κ3) is 19.5. The molecule has 0 aliphatic heterocycles. The van der Waals surface area contributed by atoms with E-state index in [0.717, 1.165) is 72.3 Å². The highest BCUT2D eigenvalue weighted by Crippen LogP contribution is 2.64. The smallest absolute Gasteiger partial charge is 0.402 e. The molecule has 1 spiro atoms. The molecule has 5 aromatic heterocycles. The lowest BCUT2D eigenvalue weighted by Gasteiger charge is -2.33. The molecule has 0 saturated carbocycles. The molecule has 24 rings (SSSR count). The normalized spacial score (nSPS) is 12.4. The Morgan fingerprint density at radius 3 is 0.667 bits per heavy atom. The van der Waals surface area contributed by atoms with Crippen LogP contribution in [0.25, 0.3) is 170 Å². The fourth-order valence-electron chi connectivity index (χ4n) is 19.2. The number of alkyl halides is 3. The van der Waals surface area contributed by atoms with Gasteiger partial charge in [-0.2, -0.15) is 13.2 Å². The SMILES string of the molecule is CC(C)(C)c1ccc(-c2nnc(-c3ccc(-c4ccccc4)cc3)o2)cc1.CC(C)(C)c1ccc(-c2nnc(-c3ccc4c(c3)C3(c5ccccc5-4)c4ccccc4-c4ccc(-c5nnc(-c6ccc(C(C)(C)C)cc6)o5)cc43)o2)cc1.CC(c1ccc(Oc2ccc(-c3nc(-c4ccccc4)nc(-c4ccccc4)n3)cc2)cc1)(c1ccc(Oc2ccc(-c3nc(-c4ccccc4)nc(-c4ccccc4)n3)cc2)cc1)C(F)(F)F. The number of ether oxygens (including phenoxy) is 2. The maximum Gasteiger partial charge on any atom is 0.402 e. The lowest BCUT2D eigenvalue weighted by atomic mass is 9.70. The second kappa shape index (κ2) is 39.8. The molecular weight excluding hydrogens is 1870 g/mol. The molecule has 5 heterocycles.